The molecule has 0 bridgehead atoms. The average molecular weight is 196 g/mol. The molecule has 2 heteroatoms. The zero-order chi connectivity index (χ0) is 10.7. The van der Waals surface area contributed by atoms with E-state index in [2.05, 4.69) is 17.1 Å². The molecule has 1 aromatic carbocycles. The Kier molecular flexibility index (Phi) is 2.64. The van der Waals surface area contributed by atoms with Gasteiger partial charge in [0.05, 0.1) is 17.5 Å². The highest BCUT2D eigenvalue weighted by atomic mass is 14.6. The summed E-state index contributed by atoms with van der Waals surface area (Å²) in [5, 5.41) is 10.1. The van der Waals surface area contributed by atoms with E-state index in [0.29, 0.717) is 0 Å². The molecule has 74 valence electrons. The van der Waals surface area contributed by atoms with Gasteiger partial charge in [0, 0.05) is 11.6 Å². The predicted molar refractivity (Wildman–Crippen MR) is 60.4 cm³/mol. The van der Waals surface area contributed by atoms with Crippen LogP contribution in [-0.2, 0) is 0 Å². The molecule has 0 radical (unpaired) electrons. The summed E-state index contributed by atoms with van der Waals surface area (Å²) in [6, 6.07) is 12.3. The summed E-state index contributed by atoms with van der Waals surface area (Å²) in [5.74, 6) is -0.00499. The fourth-order valence-electron chi connectivity index (χ4n) is 1.71. The van der Waals surface area contributed by atoms with Gasteiger partial charge in [-0.25, -0.2) is 0 Å². The van der Waals surface area contributed by atoms with Gasteiger partial charge < -0.3 is 0 Å². The van der Waals surface area contributed by atoms with E-state index in [9.17, 15) is 0 Å². The van der Waals surface area contributed by atoms with Gasteiger partial charge in [-0.05, 0) is 30.2 Å². The molecule has 0 aliphatic carbocycles. The molecule has 0 aliphatic rings. The first-order valence-corrected chi connectivity index (χ1v) is 5.09. The summed E-state index contributed by atoms with van der Waals surface area (Å²) in [5.41, 5.74) is 2.06. The van der Waals surface area contributed by atoms with Gasteiger partial charge in [-0.3, -0.25) is 4.98 Å². The Labute approximate surface area is 89.2 Å². The standard InChI is InChI=1S/C13H12N2/c1-2-10(9-14)11-5-6-13-12(8-11)4-3-7-15-13/h3-8,10H,2H2,1H3. The molecule has 0 fully saturated rings. The van der Waals surface area contributed by atoms with Crippen molar-refractivity contribution in [2.45, 2.75) is 19.3 Å². The summed E-state index contributed by atoms with van der Waals surface area (Å²) in [6.45, 7) is 2.03. The summed E-state index contributed by atoms with van der Waals surface area (Å²) >= 11 is 0. The van der Waals surface area contributed by atoms with Crippen molar-refractivity contribution in [3.63, 3.8) is 0 Å². The Bertz CT molecular complexity index is 511. The molecule has 0 amide bonds. The number of aromatic nitrogens is 1. The Hall–Kier alpha value is -1.88. The smallest absolute Gasteiger partial charge is 0.0710 e. The minimum Gasteiger partial charge on any atom is -0.256 e. The minimum atomic E-state index is -0.00499. The second kappa shape index (κ2) is 4.10. The molecule has 0 aliphatic heterocycles. The Morgan fingerprint density at radius 2 is 2.27 bits per heavy atom. The third kappa shape index (κ3) is 1.82. The van der Waals surface area contributed by atoms with E-state index in [-0.39, 0.29) is 5.92 Å². The van der Waals surface area contributed by atoms with Crippen molar-refractivity contribution in [1.82, 2.24) is 4.98 Å². The first-order chi connectivity index (χ1) is 7.35. The molecule has 1 unspecified atom stereocenters. The maximum Gasteiger partial charge on any atom is 0.0710 e. The van der Waals surface area contributed by atoms with Crippen molar-refractivity contribution in [3.05, 3.63) is 42.1 Å². The number of benzene rings is 1. The fourth-order valence-corrected chi connectivity index (χ4v) is 1.71. The van der Waals surface area contributed by atoms with Gasteiger partial charge in [0.2, 0.25) is 0 Å². The minimum absolute atomic E-state index is 0.00499. The number of fused-ring (bicyclic) bond motifs is 1. The monoisotopic (exact) mass is 196 g/mol. The lowest BCUT2D eigenvalue weighted by atomic mass is 9.97. The van der Waals surface area contributed by atoms with Crippen LogP contribution in [0.25, 0.3) is 10.9 Å². The molecule has 2 aromatic rings. The molecular weight excluding hydrogens is 184 g/mol. The summed E-state index contributed by atoms with van der Waals surface area (Å²) in [4.78, 5) is 4.25. The highest BCUT2D eigenvalue weighted by Crippen LogP contribution is 2.22. The van der Waals surface area contributed by atoms with Crippen molar-refractivity contribution in [2.75, 3.05) is 0 Å². The number of nitriles is 1. The quantitative estimate of drug-likeness (QED) is 0.739. The molecule has 1 heterocycles. The molecular formula is C13H12N2. The predicted octanol–water partition coefficient (Wildman–Crippen LogP) is 3.25. The molecule has 1 atom stereocenters. The van der Waals surface area contributed by atoms with Gasteiger partial charge in [0.1, 0.15) is 0 Å². The van der Waals surface area contributed by atoms with Crippen molar-refractivity contribution in [3.8, 4) is 6.07 Å². The van der Waals surface area contributed by atoms with Crippen molar-refractivity contribution in [1.29, 1.82) is 5.26 Å². The summed E-state index contributed by atoms with van der Waals surface area (Å²) < 4.78 is 0. The van der Waals surface area contributed by atoms with E-state index in [1.54, 1.807) is 6.20 Å². The van der Waals surface area contributed by atoms with Crippen LogP contribution in [0, 0.1) is 11.3 Å². The van der Waals surface area contributed by atoms with Crippen LogP contribution in [0.2, 0.25) is 0 Å². The zero-order valence-corrected chi connectivity index (χ0v) is 8.64. The number of hydrogen-bond donors (Lipinski definition) is 0. The molecule has 2 nitrogen and oxygen atoms in total. The maximum absolute atomic E-state index is 8.99. The van der Waals surface area contributed by atoms with E-state index < -0.39 is 0 Å². The third-order valence-electron chi connectivity index (χ3n) is 2.59. The lowest BCUT2D eigenvalue weighted by molar-refractivity contribution is 0.819. The summed E-state index contributed by atoms with van der Waals surface area (Å²) in [7, 11) is 0. The molecule has 2 rings (SSSR count). The second-order valence-electron chi connectivity index (χ2n) is 3.55. The van der Waals surface area contributed by atoms with Crippen LogP contribution in [0.15, 0.2) is 36.5 Å². The normalized spacial score (nSPS) is 12.3. The van der Waals surface area contributed by atoms with Gasteiger partial charge in [0.25, 0.3) is 0 Å². The van der Waals surface area contributed by atoms with Gasteiger partial charge in [0.15, 0.2) is 0 Å². The van der Waals surface area contributed by atoms with E-state index >= 15 is 0 Å². The lowest BCUT2D eigenvalue weighted by Gasteiger charge is -2.06. The molecule has 15 heavy (non-hydrogen) atoms. The van der Waals surface area contributed by atoms with Crippen LogP contribution in [0.4, 0.5) is 0 Å². The van der Waals surface area contributed by atoms with Crippen LogP contribution in [0.3, 0.4) is 0 Å². The Morgan fingerprint density at radius 1 is 1.40 bits per heavy atom. The topological polar surface area (TPSA) is 36.7 Å². The van der Waals surface area contributed by atoms with E-state index in [0.717, 1.165) is 22.9 Å². The number of hydrogen-bond acceptors (Lipinski definition) is 2. The lowest BCUT2D eigenvalue weighted by Crippen LogP contribution is -1.93. The maximum atomic E-state index is 8.99. The van der Waals surface area contributed by atoms with Crippen LogP contribution < -0.4 is 0 Å². The van der Waals surface area contributed by atoms with Gasteiger partial charge >= 0.3 is 0 Å². The van der Waals surface area contributed by atoms with Crippen LogP contribution in [0.5, 0.6) is 0 Å². The molecule has 0 saturated heterocycles. The van der Waals surface area contributed by atoms with Crippen molar-refractivity contribution < 1.29 is 0 Å². The van der Waals surface area contributed by atoms with Gasteiger partial charge in [-0.15, -0.1) is 0 Å². The molecule has 0 saturated carbocycles. The highest BCUT2D eigenvalue weighted by Gasteiger charge is 2.07. The first-order valence-electron chi connectivity index (χ1n) is 5.09. The van der Waals surface area contributed by atoms with Crippen molar-refractivity contribution >= 4 is 10.9 Å². The van der Waals surface area contributed by atoms with Crippen LogP contribution in [-0.4, -0.2) is 4.98 Å². The SMILES string of the molecule is CCC(C#N)c1ccc2ncccc2c1. The van der Waals surface area contributed by atoms with Gasteiger partial charge in [-0.2, -0.15) is 5.26 Å². The first kappa shape index (κ1) is 9.67. The second-order valence-corrected chi connectivity index (χ2v) is 3.55. The number of nitrogens with zero attached hydrogens (tertiary/aromatic N) is 2. The highest BCUT2D eigenvalue weighted by molar-refractivity contribution is 5.79. The fraction of sp³-hybridized carbons (Fsp3) is 0.231. The average Bonchev–Trinajstić information content (AvgIpc) is 2.30. The third-order valence-corrected chi connectivity index (χ3v) is 2.59. The van der Waals surface area contributed by atoms with Crippen LogP contribution in [0.1, 0.15) is 24.8 Å². The number of rotatable bonds is 2. The molecule has 0 spiro atoms. The van der Waals surface area contributed by atoms with Crippen molar-refractivity contribution in [2.24, 2.45) is 0 Å². The van der Waals surface area contributed by atoms with Crippen LogP contribution >= 0.6 is 0 Å². The summed E-state index contributed by atoms with van der Waals surface area (Å²) in [6.07, 6.45) is 2.63. The molecule has 0 N–H and O–H groups in total. The Morgan fingerprint density at radius 3 is 3.00 bits per heavy atom. The largest absolute Gasteiger partial charge is 0.256 e. The molecule has 1 aromatic heterocycles. The van der Waals surface area contributed by atoms with E-state index in [4.69, 9.17) is 5.26 Å². The van der Waals surface area contributed by atoms with Gasteiger partial charge in [-0.1, -0.05) is 19.1 Å². The van der Waals surface area contributed by atoms with E-state index in [1.165, 1.54) is 0 Å². The van der Waals surface area contributed by atoms with E-state index in [1.807, 2.05) is 31.2 Å². The number of pyridine rings is 1. The zero-order valence-electron chi connectivity index (χ0n) is 8.64. The Balaban J connectivity index is 2.52.